The highest BCUT2D eigenvalue weighted by atomic mass is 32.2. The molecule has 0 bridgehead atoms. The fourth-order valence-electron chi connectivity index (χ4n) is 1.76. The Bertz CT molecular complexity index is 536. The van der Waals surface area contributed by atoms with Gasteiger partial charge in [-0.05, 0) is 12.7 Å². The second kappa shape index (κ2) is 7.28. The summed E-state index contributed by atoms with van der Waals surface area (Å²) in [4.78, 5) is 24.0. The number of anilines is 2. The van der Waals surface area contributed by atoms with E-state index in [1.165, 1.54) is 11.6 Å². The molecular weight excluding hydrogens is 264 g/mol. The van der Waals surface area contributed by atoms with E-state index in [2.05, 4.69) is 5.32 Å². The van der Waals surface area contributed by atoms with Gasteiger partial charge in [-0.2, -0.15) is 11.8 Å². The van der Waals surface area contributed by atoms with Crippen LogP contribution in [-0.4, -0.2) is 27.7 Å². The van der Waals surface area contributed by atoms with Gasteiger partial charge in [-0.3, -0.25) is 13.9 Å². The largest absolute Gasteiger partial charge is 0.383 e. The van der Waals surface area contributed by atoms with E-state index in [-0.39, 0.29) is 17.1 Å². The molecule has 7 heteroatoms. The zero-order valence-corrected chi connectivity index (χ0v) is 12.5. The predicted molar refractivity (Wildman–Crippen MR) is 82.1 cm³/mol. The van der Waals surface area contributed by atoms with Crippen LogP contribution in [0.2, 0.25) is 0 Å². The van der Waals surface area contributed by atoms with Crippen LogP contribution in [0, 0.1) is 0 Å². The molecule has 0 aliphatic carbocycles. The van der Waals surface area contributed by atoms with Crippen molar-refractivity contribution >= 4 is 23.3 Å². The normalized spacial score (nSPS) is 10.7. The fraction of sp³-hybridized carbons (Fsp3) is 0.667. The maximum atomic E-state index is 12.0. The van der Waals surface area contributed by atoms with Crippen molar-refractivity contribution in [2.24, 2.45) is 7.05 Å². The van der Waals surface area contributed by atoms with Gasteiger partial charge in [0.25, 0.3) is 5.56 Å². The third-order valence-electron chi connectivity index (χ3n) is 2.93. The maximum absolute atomic E-state index is 12.0. The van der Waals surface area contributed by atoms with Crippen LogP contribution in [-0.2, 0) is 13.6 Å². The lowest BCUT2D eigenvalue weighted by atomic mass is 10.3. The number of nitrogen functional groups attached to an aromatic ring is 1. The molecule has 1 heterocycles. The highest BCUT2D eigenvalue weighted by molar-refractivity contribution is 7.98. The van der Waals surface area contributed by atoms with Gasteiger partial charge >= 0.3 is 5.69 Å². The Balaban J connectivity index is 3.19. The van der Waals surface area contributed by atoms with Crippen LogP contribution in [0.3, 0.4) is 0 Å². The smallest absolute Gasteiger partial charge is 0.332 e. The van der Waals surface area contributed by atoms with Crippen LogP contribution in [0.5, 0.6) is 0 Å². The average Bonchev–Trinajstić information content (AvgIpc) is 2.40. The molecule has 0 unspecified atom stereocenters. The van der Waals surface area contributed by atoms with Crippen molar-refractivity contribution in [1.82, 2.24) is 9.13 Å². The van der Waals surface area contributed by atoms with E-state index in [1.54, 1.807) is 11.8 Å². The Morgan fingerprint density at radius 3 is 2.63 bits per heavy atom. The Kier molecular flexibility index (Phi) is 6.01. The molecule has 0 spiro atoms. The quantitative estimate of drug-likeness (QED) is 0.721. The standard InChI is InChI=1S/C12H22N4O2S/c1-4-5-7-16-10(13)9(14-6-8-19-3)11(17)15(2)12(16)18/h14H,4-8,13H2,1-3H3. The second-order valence-electron chi connectivity index (χ2n) is 4.33. The average molecular weight is 286 g/mol. The number of hydrogen-bond acceptors (Lipinski definition) is 5. The molecule has 0 aromatic carbocycles. The molecule has 1 aromatic heterocycles. The number of unbranched alkanes of at least 4 members (excludes halogenated alkanes) is 1. The Morgan fingerprint density at radius 1 is 1.37 bits per heavy atom. The van der Waals surface area contributed by atoms with Crippen LogP contribution in [0.15, 0.2) is 9.59 Å². The maximum Gasteiger partial charge on any atom is 0.332 e. The summed E-state index contributed by atoms with van der Waals surface area (Å²) in [7, 11) is 1.48. The number of nitrogens with two attached hydrogens (primary N) is 1. The van der Waals surface area contributed by atoms with E-state index in [0.717, 1.165) is 23.2 Å². The van der Waals surface area contributed by atoms with E-state index < -0.39 is 0 Å². The molecular formula is C12H22N4O2S. The lowest BCUT2D eigenvalue weighted by molar-refractivity contribution is 0.575. The third kappa shape index (κ3) is 3.56. The van der Waals surface area contributed by atoms with Crippen molar-refractivity contribution in [2.75, 3.05) is 29.6 Å². The first-order valence-electron chi connectivity index (χ1n) is 6.36. The summed E-state index contributed by atoms with van der Waals surface area (Å²) in [5.74, 6) is 1.11. The van der Waals surface area contributed by atoms with Gasteiger partial charge < -0.3 is 11.1 Å². The molecule has 3 N–H and O–H groups in total. The van der Waals surface area contributed by atoms with Gasteiger partial charge in [-0.1, -0.05) is 13.3 Å². The van der Waals surface area contributed by atoms with Crippen molar-refractivity contribution in [3.05, 3.63) is 20.8 Å². The van der Waals surface area contributed by atoms with Gasteiger partial charge in [-0.15, -0.1) is 0 Å². The number of aromatic nitrogens is 2. The molecule has 0 atom stereocenters. The first kappa shape index (κ1) is 15.7. The fourth-order valence-corrected chi connectivity index (χ4v) is 2.07. The second-order valence-corrected chi connectivity index (χ2v) is 5.32. The first-order valence-corrected chi connectivity index (χ1v) is 7.76. The van der Waals surface area contributed by atoms with Crippen LogP contribution >= 0.6 is 11.8 Å². The third-order valence-corrected chi connectivity index (χ3v) is 3.54. The van der Waals surface area contributed by atoms with Gasteiger partial charge in [-0.25, -0.2) is 4.79 Å². The lowest BCUT2D eigenvalue weighted by Crippen LogP contribution is -2.41. The number of nitrogens with one attached hydrogen (secondary N) is 1. The van der Waals surface area contributed by atoms with E-state index in [0.29, 0.717) is 18.8 Å². The summed E-state index contributed by atoms with van der Waals surface area (Å²) < 4.78 is 2.57. The SMILES string of the molecule is CCCCn1c(N)c(NCCSC)c(=O)n(C)c1=O. The van der Waals surface area contributed by atoms with E-state index in [1.807, 2.05) is 13.2 Å². The van der Waals surface area contributed by atoms with Gasteiger partial charge in [0.1, 0.15) is 11.5 Å². The minimum atomic E-state index is -0.364. The number of nitrogens with zero attached hydrogens (tertiary/aromatic N) is 2. The Morgan fingerprint density at radius 2 is 2.05 bits per heavy atom. The molecule has 0 saturated heterocycles. The van der Waals surface area contributed by atoms with Crippen molar-refractivity contribution < 1.29 is 0 Å². The minimum Gasteiger partial charge on any atom is -0.383 e. The minimum absolute atomic E-state index is 0.239. The molecule has 1 aromatic rings. The summed E-state index contributed by atoms with van der Waals surface area (Å²) in [6.07, 6.45) is 3.81. The summed E-state index contributed by atoms with van der Waals surface area (Å²) >= 11 is 1.68. The molecule has 0 amide bonds. The summed E-state index contributed by atoms with van der Waals surface area (Å²) in [5, 5.41) is 3.03. The molecule has 6 nitrogen and oxygen atoms in total. The molecule has 0 fully saturated rings. The predicted octanol–water partition coefficient (Wildman–Crippen LogP) is 0.704. The van der Waals surface area contributed by atoms with Crippen molar-refractivity contribution in [3.8, 4) is 0 Å². The molecule has 0 saturated carbocycles. The lowest BCUT2D eigenvalue weighted by Gasteiger charge is -2.15. The van der Waals surface area contributed by atoms with Crippen LogP contribution in [0.1, 0.15) is 19.8 Å². The van der Waals surface area contributed by atoms with Gasteiger partial charge in [0, 0.05) is 25.9 Å². The zero-order valence-electron chi connectivity index (χ0n) is 11.7. The van der Waals surface area contributed by atoms with Gasteiger partial charge in [0.15, 0.2) is 0 Å². The van der Waals surface area contributed by atoms with E-state index in [9.17, 15) is 9.59 Å². The summed E-state index contributed by atoms with van der Waals surface area (Å²) in [6.45, 7) is 3.22. The van der Waals surface area contributed by atoms with Crippen molar-refractivity contribution in [3.63, 3.8) is 0 Å². The highest BCUT2D eigenvalue weighted by Crippen LogP contribution is 2.11. The monoisotopic (exact) mass is 286 g/mol. The number of rotatable bonds is 7. The molecule has 0 radical (unpaired) electrons. The van der Waals surface area contributed by atoms with E-state index in [4.69, 9.17) is 5.73 Å². The molecule has 1 rings (SSSR count). The highest BCUT2D eigenvalue weighted by Gasteiger charge is 2.14. The van der Waals surface area contributed by atoms with Crippen LogP contribution < -0.4 is 22.3 Å². The molecule has 108 valence electrons. The topological polar surface area (TPSA) is 82.0 Å². The van der Waals surface area contributed by atoms with Crippen LogP contribution in [0.25, 0.3) is 0 Å². The summed E-state index contributed by atoms with van der Waals surface area (Å²) in [5.41, 5.74) is 5.56. The molecule has 19 heavy (non-hydrogen) atoms. The van der Waals surface area contributed by atoms with Crippen molar-refractivity contribution in [2.45, 2.75) is 26.3 Å². The first-order chi connectivity index (χ1) is 9.04. The van der Waals surface area contributed by atoms with Gasteiger partial charge in [0.2, 0.25) is 0 Å². The Hall–Kier alpha value is -1.37. The van der Waals surface area contributed by atoms with Gasteiger partial charge in [0.05, 0.1) is 0 Å². The van der Waals surface area contributed by atoms with Crippen LogP contribution in [0.4, 0.5) is 11.5 Å². The van der Waals surface area contributed by atoms with E-state index >= 15 is 0 Å². The number of thioether (sulfide) groups is 1. The van der Waals surface area contributed by atoms with Crippen molar-refractivity contribution in [1.29, 1.82) is 0 Å². The number of hydrogen-bond donors (Lipinski definition) is 2. The molecule has 0 aliphatic heterocycles. The molecule has 0 aliphatic rings. The summed E-state index contributed by atoms with van der Waals surface area (Å²) in [6, 6.07) is 0. The zero-order chi connectivity index (χ0) is 14.4. The Labute approximate surface area is 117 Å².